The molecule has 166 valence electrons. The summed E-state index contributed by atoms with van der Waals surface area (Å²) in [7, 11) is 0. The van der Waals surface area contributed by atoms with Gasteiger partial charge in [-0.3, -0.25) is 19.9 Å². The Morgan fingerprint density at radius 2 is 1.68 bits per heavy atom. The van der Waals surface area contributed by atoms with E-state index in [1.807, 2.05) is 12.1 Å². The average Bonchev–Trinajstić information content (AvgIpc) is 2.85. The molecule has 0 aliphatic heterocycles. The largest absolute Gasteiger partial charge is 0.457 e. The number of benzene rings is 3. The quantitative estimate of drug-likeness (QED) is 0.239. The van der Waals surface area contributed by atoms with Crippen molar-refractivity contribution in [1.82, 2.24) is 9.97 Å². The fourth-order valence-electron chi connectivity index (χ4n) is 3.00. The van der Waals surface area contributed by atoms with Crippen LogP contribution in [0.3, 0.4) is 0 Å². The second kappa shape index (κ2) is 9.88. The summed E-state index contributed by atoms with van der Waals surface area (Å²) in [6.45, 7) is 0. The first-order valence-corrected chi connectivity index (χ1v) is 9.95. The molecule has 0 aliphatic rings. The predicted molar refractivity (Wildman–Crippen MR) is 126 cm³/mol. The average molecular weight is 452 g/mol. The lowest BCUT2D eigenvalue weighted by atomic mass is 10.1. The summed E-state index contributed by atoms with van der Waals surface area (Å²) in [6, 6.07) is 23.6. The van der Waals surface area contributed by atoms with Crippen molar-refractivity contribution in [1.29, 1.82) is 5.26 Å². The van der Waals surface area contributed by atoms with Gasteiger partial charge in [0.25, 0.3) is 11.2 Å². The van der Waals surface area contributed by atoms with Crippen LogP contribution in [-0.2, 0) is 0 Å². The normalized spacial score (nSPS) is 10.6. The van der Waals surface area contributed by atoms with Crippen molar-refractivity contribution in [3.8, 4) is 28.8 Å². The number of hydrogen-bond donors (Lipinski definition) is 2. The van der Waals surface area contributed by atoms with Gasteiger partial charge in [0.2, 0.25) is 5.95 Å². The summed E-state index contributed by atoms with van der Waals surface area (Å²) in [5.74, 6) is 1.11. The number of hydrazone groups is 1. The van der Waals surface area contributed by atoms with Gasteiger partial charge in [-0.15, -0.1) is 0 Å². The van der Waals surface area contributed by atoms with Crippen LogP contribution < -0.4 is 15.7 Å². The van der Waals surface area contributed by atoms with Crippen molar-refractivity contribution < 1.29 is 9.66 Å². The summed E-state index contributed by atoms with van der Waals surface area (Å²) in [6.07, 6.45) is 1.52. The lowest BCUT2D eigenvalue weighted by Crippen LogP contribution is -2.16. The minimum atomic E-state index is -0.568. The van der Waals surface area contributed by atoms with Crippen LogP contribution in [0.25, 0.3) is 11.3 Å². The molecule has 10 heteroatoms. The van der Waals surface area contributed by atoms with E-state index in [9.17, 15) is 20.2 Å². The number of H-pyrrole nitrogens is 1. The van der Waals surface area contributed by atoms with E-state index >= 15 is 0 Å². The van der Waals surface area contributed by atoms with E-state index in [0.717, 1.165) is 5.56 Å². The molecule has 34 heavy (non-hydrogen) atoms. The molecule has 0 radical (unpaired) electrons. The molecule has 10 nitrogen and oxygen atoms in total. The van der Waals surface area contributed by atoms with Gasteiger partial charge in [-0.25, -0.2) is 10.4 Å². The first kappa shape index (κ1) is 21.9. The van der Waals surface area contributed by atoms with Crippen LogP contribution in [0.15, 0.2) is 88.8 Å². The van der Waals surface area contributed by atoms with Crippen LogP contribution in [-0.4, -0.2) is 21.1 Å². The number of aromatic amines is 1. The number of ether oxygens (including phenoxy) is 1. The lowest BCUT2D eigenvalue weighted by molar-refractivity contribution is -0.384. The van der Waals surface area contributed by atoms with Gasteiger partial charge in [0, 0.05) is 17.7 Å². The summed E-state index contributed by atoms with van der Waals surface area (Å²) in [4.78, 5) is 29.3. The highest BCUT2D eigenvalue weighted by Crippen LogP contribution is 2.24. The molecule has 4 rings (SSSR count). The zero-order valence-corrected chi connectivity index (χ0v) is 17.5. The third-order valence-electron chi connectivity index (χ3n) is 4.63. The Balaban J connectivity index is 1.44. The van der Waals surface area contributed by atoms with Crippen LogP contribution in [0.2, 0.25) is 0 Å². The summed E-state index contributed by atoms with van der Waals surface area (Å²) in [5, 5.41) is 24.1. The van der Waals surface area contributed by atoms with E-state index in [1.54, 1.807) is 48.5 Å². The lowest BCUT2D eigenvalue weighted by Gasteiger charge is -2.06. The molecule has 3 aromatic carbocycles. The third kappa shape index (κ3) is 5.12. The smallest absolute Gasteiger partial charge is 0.270 e. The van der Waals surface area contributed by atoms with Gasteiger partial charge in [-0.2, -0.15) is 10.4 Å². The Labute approximate surface area is 193 Å². The Morgan fingerprint density at radius 3 is 2.29 bits per heavy atom. The number of aromatic nitrogens is 2. The summed E-state index contributed by atoms with van der Waals surface area (Å²) < 4.78 is 5.67. The van der Waals surface area contributed by atoms with Crippen molar-refractivity contribution >= 4 is 17.9 Å². The highest BCUT2D eigenvalue weighted by Gasteiger charge is 2.12. The molecular formula is C24H16N6O4. The van der Waals surface area contributed by atoms with Gasteiger partial charge >= 0.3 is 0 Å². The number of hydrogen-bond acceptors (Lipinski definition) is 8. The zero-order valence-electron chi connectivity index (χ0n) is 17.5. The minimum absolute atomic E-state index is 0.0135. The first-order valence-electron chi connectivity index (χ1n) is 9.95. The van der Waals surface area contributed by atoms with Crippen LogP contribution in [0.1, 0.15) is 11.1 Å². The van der Waals surface area contributed by atoms with E-state index in [0.29, 0.717) is 17.1 Å². The first-order chi connectivity index (χ1) is 16.5. The highest BCUT2D eigenvalue weighted by atomic mass is 16.6. The SMILES string of the molecule is N#Cc1c(-c2ccccc2)nc(NN=Cc2ccc(Oc3ccc([N+](=O)[O-])cc3)cc2)[nH]c1=O. The maximum Gasteiger partial charge on any atom is 0.270 e. The Kier molecular flexibility index (Phi) is 6.37. The van der Waals surface area contributed by atoms with Crippen LogP contribution in [0.5, 0.6) is 11.5 Å². The summed E-state index contributed by atoms with van der Waals surface area (Å²) >= 11 is 0. The molecule has 0 atom stereocenters. The molecule has 0 saturated carbocycles. The maximum atomic E-state index is 12.3. The Hall–Kier alpha value is -5.30. The van der Waals surface area contributed by atoms with Gasteiger partial charge < -0.3 is 4.74 Å². The van der Waals surface area contributed by atoms with E-state index < -0.39 is 10.5 Å². The molecule has 4 aromatic rings. The number of nitrogens with one attached hydrogen (secondary N) is 2. The molecule has 0 bridgehead atoms. The highest BCUT2D eigenvalue weighted by molar-refractivity contribution is 5.80. The number of rotatable bonds is 7. The predicted octanol–water partition coefficient (Wildman–Crippen LogP) is 4.46. The monoisotopic (exact) mass is 452 g/mol. The number of non-ortho nitro benzene ring substituents is 1. The van der Waals surface area contributed by atoms with E-state index in [4.69, 9.17) is 4.74 Å². The number of nitrogens with zero attached hydrogens (tertiary/aromatic N) is 4. The third-order valence-corrected chi connectivity index (χ3v) is 4.63. The maximum absolute atomic E-state index is 12.3. The van der Waals surface area contributed by atoms with Crippen LogP contribution in [0.4, 0.5) is 11.6 Å². The summed E-state index contributed by atoms with van der Waals surface area (Å²) in [5.41, 5.74) is 3.65. The second-order valence-electron chi connectivity index (χ2n) is 6.91. The number of anilines is 1. The Bertz CT molecular complexity index is 1440. The van der Waals surface area contributed by atoms with Crippen LogP contribution in [0, 0.1) is 21.4 Å². The van der Waals surface area contributed by atoms with Crippen molar-refractivity contribution in [2.75, 3.05) is 5.43 Å². The Morgan fingerprint density at radius 1 is 1.03 bits per heavy atom. The van der Waals surface area contributed by atoms with Crippen molar-refractivity contribution in [2.45, 2.75) is 0 Å². The molecule has 2 N–H and O–H groups in total. The number of nitro benzene ring substituents is 1. The molecule has 0 aliphatic carbocycles. The van der Waals surface area contributed by atoms with Gasteiger partial charge in [-0.05, 0) is 42.0 Å². The molecule has 1 heterocycles. The number of nitriles is 1. The van der Waals surface area contributed by atoms with Gasteiger partial charge in [0.15, 0.2) is 0 Å². The minimum Gasteiger partial charge on any atom is -0.457 e. The van der Waals surface area contributed by atoms with E-state index in [2.05, 4.69) is 20.5 Å². The fourth-order valence-corrected chi connectivity index (χ4v) is 3.00. The molecule has 0 fully saturated rings. The molecule has 0 amide bonds. The van der Waals surface area contributed by atoms with Gasteiger partial charge in [-0.1, -0.05) is 30.3 Å². The molecular weight excluding hydrogens is 436 g/mol. The van der Waals surface area contributed by atoms with Crippen LogP contribution >= 0.6 is 0 Å². The molecule has 0 saturated heterocycles. The fraction of sp³-hybridized carbons (Fsp3) is 0. The van der Waals surface area contributed by atoms with E-state index in [-0.39, 0.29) is 22.9 Å². The second-order valence-corrected chi connectivity index (χ2v) is 6.91. The molecule has 1 aromatic heterocycles. The van der Waals surface area contributed by atoms with Crippen molar-refractivity contribution in [3.63, 3.8) is 0 Å². The van der Waals surface area contributed by atoms with Crippen molar-refractivity contribution in [2.24, 2.45) is 5.10 Å². The number of nitro groups is 1. The molecule has 0 unspecified atom stereocenters. The topological polar surface area (TPSA) is 146 Å². The van der Waals surface area contributed by atoms with Crippen molar-refractivity contribution in [3.05, 3.63) is 110 Å². The molecule has 0 spiro atoms. The van der Waals surface area contributed by atoms with Gasteiger partial charge in [0.05, 0.1) is 16.8 Å². The van der Waals surface area contributed by atoms with Gasteiger partial charge in [0.1, 0.15) is 23.1 Å². The standard InChI is InChI=1S/C24H16N6O4/c25-14-21-22(17-4-2-1-3-5-17)27-24(28-23(21)31)29-26-15-16-6-10-19(11-7-16)34-20-12-8-18(9-13-20)30(32)33/h1-13,15H,(H2,27,28,29,31). The zero-order chi connectivity index (χ0) is 23.9. The van der Waals surface area contributed by atoms with E-state index in [1.165, 1.54) is 30.5 Å².